The minimum atomic E-state index is -1.56. The molecule has 2 aromatic rings. The fourth-order valence-corrected chi connectivity index (χ4v) is 3.42. The molecule has 30 heavy (non-hydrogen) atoms. The van der Waals surface area contributed by atoms with Gasteiger partial charge in [0.15, 0.2) is 11.6 Å². The third-order valence-electron chi connectivity index (χ3n) is 5.37. The number of Topliss-reactive ketones (excluding diaryl/α,β-unsaturated/α-hetero) is 2. The zero-order valence-electron chi connectivity index (χ0n) is 17.3. The number of rotatable bonds is 9. The van der Waals surface area contributed by atoms with Crippen molar-refractivity contribution < 1.29 is 28.7 Å². The Kier molecular flexibility index (Phi) is 6.77. The Morgan fingerprint density at radius 2 is 1.87 bits per heavy atom. The predicted molar refractivity (Wildman–Crippen MR) is 109 cm³/mol. The number of hydrogen-bond acceptors (Lipinski definition) is 5. The lowest BCUT2D eigenvalue weighted by atomic mass is 9.78. The molecule has 1 aromatic carbocycles. The summed E-state index contributed by atoms with van der Waals surface area (Å²) < 4.78 is 12.7. The van der Waals surface area contributed by atoms with Crippen LogP contribution in [0.3, 0.4) is 0 Å². The normalized spacial score (nSPS) is 13.7. The molecule has 0 saturated carbocycles. The fraction of sp³-hybridized carbons (Fsp3) is 0.429. The average molecular weight is 419 g/mol. The van der Waals surface area contributed by atoms with Gasteiger partial charge in [-0.15, -0.1) is 0 Å². The first-order chi connectivity index (χ1) is 13.9. The molecule has 0 fully saturated rings. The molecule has 1 unspecified atom stereocenters. The van der Waals surface area contributed by atoms with Crippen LogP contribution in [0.1, 0.15) is 41.9 Å². The molecule has 0 aliphatic rings. The molecule has 1 amide bonds. The van der Waals surface area contributed by atoms with Crippen LogP contribution in [0.2, 0.25) is 0 Å². The van der Waals surface area contributed by atoms with Gasteiger partial charge in [-0.05, 0) is 31.0 Å². The Labute approximate surface area is 173 Å². The number of carbonyl (C=O) groups excluding carboxylic acids is 3. The Hall–Kier alpha value is -3.07. The summed E-state index contributed by atoms with van der Waals surface area (Å²) in [6.45, 7) is 5.26. The van der Waals surface area contributed by atoms with E-state index in [0.29, 0.717) is 5.69 Å². The van der Waals surface area contributed by atoms with Crippen LogP contribution in [0.4, 0.5) is 4.39 Å². The van der Waals surface area contributed by atoms with Crippen LogP contribution < -0.4 is 11.1 Å². The molecule has 0 aliphatic heterocycles. The van der Waals surface area contributed by atoms with Crippen molar-refractivity contribution in [3.63, 3.8) is 0 Å². The van der Waals surface area contributed by atoms with Crippen LogP contribution in [0.15, 0.2) is 18.2 Å². The van der Waals surface area contributed by atoms with Crippen LogP contribution in [-0.4, -0.2) is 52.3 Å². The first-order valence-corrected chi connectivity index (χ1v) is 9.40. The summed E-state index contributed by atoms with van der Waals surface area (Å²) in [5, 5.41) is 12.0. The standard InChI is InChI=1S/C21H26FN3O5/c1-10-6-5-7-12-16(10)11(2)17(24-12)19(29)21(3,4)18(23)20(30)25-13(8-15(27)28)14(26)9-22/h5-7,13,18,24H,8-9,23H2,1-4H3,(H,25,30)(H,27,28)/t13?,18-/m1/s1. The zero-order valence-corrected chi connectivity index (χ0v) is 17.3. The number of halogens is 1. The molecule has 0 aliphatic carbocycles. The summed E-state index contributed by atoms with van der Waals surface area (Å²) in [6, 6.07) is 2.66. The van der Waals surface area contributed by atoms with Crippen LogP contribution in [-0.2, 0) is 14.4 Å². The smallest absolute Gasteiger partial charge is 0.305 e. The summed E-state index contributed by atoms with van der Waals surface area (Å²) in [6.07, 6.45) is -0.782. The molecule has 2 atom stereocenters. The molecule has 2 rings (SSSR count). The topological polar surface area (TPSA) is 142 Å². The number of alkyl halides is 1. The average Bonchev–Trinajstić information content (AvgIpc) is 3.02. The van der Waals surface area contributed by atoms with Gasteiger partial charge >= 0.3 is 5.97 Å². The predicted octanol–water partition coefficient (Wildman–Crippen LogP) is 1.82. The van der Waals surface area contributed by atoms with E-state index in [9.17, 15) is 23.6 Å². The first-order valence-electron chi connectivity index (χ1n) is 9.40. The van der Waals surface area contributed by atoms with Crippen molar-refractivity contribution in [1.29, 1.82) is 0 Å². The number of aromatic amines is 1. The van der Waals surface area contributed by atoms with Crippen molar-refractivity contribution in [3.05, 3.63) is 35.0 Å². The van der Waals surface area contributed by atoms with Crippen LogP contribution in [0.5, 0.6) is 0 Å². The molecule has 5 N–H and O–H groups in total. The summed E-state index contributed by atoms with van der Waals surface area (Å²) in [7, 11) is 0. The van der Waals surface area contributed by atoms with Crippen molar-refractivity contribution in [1.82, 2.24) is 10.3 Å². The first kappa shape index (κ1) is 23.2. The number of hydrogen-bond donors (Lipinski definition) is 4. The number of carboxylic acids is 1. The Balaban J connectivity index is 2.31. The van der Waals surface area contributed by atoms with Crippen molar-refractivity contribution in [2.45, 2.75) is 46.2 Å². The van der Waals surface area contributed by atoms with Gasteiger partial charge in [0.2, 0.25) is 5.91 Å². The molecular formula is C21H26FN3O5. The number of fused-ring (bicyclic) bond motifs is 1. The van der Waals surface area contributed by atoms with Gasteiger partial charge in [0, 0.05) is 10.9 Å². The number of benzene rings is 1. The lowest BCUT2D eigenvalue weighted by Crippen LogP contribution is -2.56. The maximum absolute atomic E-state index is 13.3. The zero-order chi connectivity index (χ0) is 22.8. The van der Waals surface area contributed by atoms with E-state index >= 15 is 0 Å². The number of nitrogens with two attached hydrogens (primary N) is 1. The molecule has 9 heteroatoms. The second-order valence-corrected chi connectivity index (χ2v) is 7.91. The van der Waals surface area contributed by atoms with Crippen LogP contribution in [0.25, 0.3) is 10.9 Å². The SMILES string of the molecule is Cc1cccc2[nH]c(C(=O)C(C)(C)[C@H](N)C(=O)NC(CC(=O)O)C(=O)CF)c(C)c12. The second kappa shape index (κ2) is 8.74. The Morgan fingerprint density at radius 1 is 1.23 bits per heavy atom. The van der Waals surface area contributed by atoms with E-state index in [1.54, 1.807) is 6.92 Å². The highest BCUT2D eigenvalue weighted by Gasteiger charge is 2.41. The minimum absolute atomic E-state index is 0.314. The van der Waals surface area contributed by atoms with E-state index < -0.39 is 54.0 Å². The van der Waals surface area contributed by atoms with Gasteiger partial charge in [0.05, 0.1) is 23.6 Å². The fourth-order valence-electron chi connectivity index (χ4n) is 3.42. The highest BCUT2D eigenvalue weighted by molar-refractivity contribution is 6.08. The number of H-pyrrole nitrogens is 1. The molecular weight excluding hydrogens is 393 g/mol. The van der Waals surface area contributed by atoms with Crippen molar-refractivity contribution in [3.8, 4) is 0 Å². The number of carboxylic acid groups (broad SMARTS) is 1. The Morgan fingerprint density at radius 3 is 2.40 bits per heavy atom. The van der Waals surface area contributed by atoms with Gasteiger partial charge in [-0.2, -0.15) is 0 Å². The van der Waals surface area contributed by atoms with E-state index in [1.807, 2.05) is 25.1 Å². The largest absolute Gasteiger partial charge is 0.481 e. The number of ketones is 2. The molecule has 0 radical (unpaired) electrons. The van der Waals surface area contributed by atoms with Gasteiger partial charge in [-0.1, -0.05) is 26.0 Å². The highest BCUT2D eigenvalue weighted by Crippen LogP contribution is 2.31. The molecule has 0 bridgehead atoms. The van der Waals surface area contributed by atoms with Gasteiger partial charge in [0.25, 0.3) is 0 Å². The monoisotopic (exact) mass is 419 g/mol. The van der Waals surface area contributed by atoms with Crippen molar-refractivity contribution >= 4 is 34.3 Å². The maximum atomic E-state index is 13.3. The lowest BCUT2D eigenvalue weighted by molar-refractivity contribution is -0.140. The number of aliphatic carboxylic acids is 1. The summed E-state index contributed by atoms with van der Waals surface area (Å²) in [4.78, 5) is 51.4. The van der Waals surface area contributed by atoms with Gasteiger partial charge in [-0.25, -0.2) is 4.39 Å². The second-order valence-electron chi connectivity index (χ2n) is 7.91. The number of amides is 1. The van der Waals surface area contributed by atoms with Gasteiger partial charge in [-0.3, -0.25) is 19.2 Å². The maximum Gasteiger partial charge on any atom is 0.305 e. The van der Waals surface area contributed by atoms with E-state index in [2.05, 4.69) is 10.3 Å². The lowest BCUT2D eigenvalue weighted by Gasteiger charge is -2.30. The number of aromatic nitrogens is 1. The number of nitrogens with one attached hydrogen (secondary N) is 2. The Bertz CT molecular complexity index is 1010. The molecule has 0 saturated heterocycles. The van der Waals surface area contributed by atoms with Crippen LogP contribution >= 0.6 is 0 Å². The van der Waals surface area contributed by atoms with Gasteiger partial charge in [0.1, 0.15) is 12.7 Å². The van der Waals surface area contributed by atoms with E-state index in [0.717, 1.165) is 22.0 Å². The summed E-state index contributed by atoms with van der Waals surface area (Å²) >= 11 is 0. The molecule has 8 nitrogen and oxygen atoms in total. The molecule has 0 spiro atoms. The number of carbonyl (C=O) groups is 4. The van der Waals surface area contributed by atoms with E-state index in [-0.39, 0.29) is 0 Å². The summed E-state index contributed by atoms with van der Waals surface area (Å²) in [5.41, 5.74) is 7.44. The van der Waals surface area contributed by atoms with E-state index in [1.165, 1.54) is 13.8 Å². The van der Waals surface area contributed by atoms with Crippen molar-refractivity contribution in [2.24, 2.45) is 11.1 Å². The van der Waals surface area contributed by atoms with E-state index in [4.69, 9.17) is 10.8 Å². The minimum Gasteiger partial charge on any atom is -0.481 e. The third kappa shape index (κ3) is 4.40. The third-order valence-corrected chi connectivity index (χ3v) is 5.37. The molecule has 162 valence electrons. The highest BCUT2D eigenvalue weighted by atomic mass is 19.1. The van der Waals surface area contributed by atoms with Crippen molar-refractivity contribution in [2.75, 3.05) is 6.67 Å². The quantitative estimate of drug-likeness (QED) is 0.457. The van der Waals surface area contributed by atoms with Crippen LogP contribution in [0, 0.1) is 19.3 Å². The molecule has 1 aromatic heterocycles. The summed E-state index contributed by atoms with van der Waals surface area (Å²) in [5.74, 6) is -3.78. The number of aryl methyl sites for hydroxylation is 2. The van der Waals surface area contributed by atoms with Gasteiger partial charge < -0.3 is 21.1 Å². The molecule has 1 heterocycles.